The Hall–Kier alpha value is -1.73. The molecule has 0 aliphatic heterocycles. The highest BCUT2D eigenvalue weighted by Crippen LogP contribution is 2.37. The van der Waals surface area contributed by atoms with Gasteiger partial charge in [0.05, 0.1) is 9.80 Å². The zero-order valence-electron chi connectivity index (χ0n) is 11.2. The van der Waals surface area contributed by atoms with E-state index in [0.29, 0.717) is 16.4 Å². The van der Waals surface area contributed by atoms with E-state index in [0.717, 1.165) is 6.42 Å². The minimum atomic E-state index is -0.431. The van der Waals surface area contributed by atoms with Crippen molar-refractivity contribution in [1.29, 1.82) is 0 Å². The molecule has 0 fully saturated rings. The van der Waals surface area contributed by atoms with Crippen molar-refractivity contribution >= 4 is 39.1 Å². The smallest absolute Gasteiger partial charge is 0.304 e. The topological polar surface area (TPSA) is 63.4 Å². The number of ketones is 1. The number of rotatable bonds is 6. The predicted molar refractivity (Wildman–Crippen MR) is 82.3 cm³/mol. The maximum absolute atomic E-state index is 11.4. The van der Waals surface area contributed by atoms with Gasteiger partial charge < -0.3 is 4.90 Å². The van der Waals surface area contributed by atoms with E-state index in [-0.39, 0.29) is 11.5 Å². The van der Waals surface area contributed by atoms with Gasteiger partial charge in [0.15, 0.2) is 10.8 Å². The molecule has 0 spiro atoms. The van der Waals surface area contributed by atoms with Crippen LogP contribution in [0.2, 0.25) is 0 Å². The number of hydrogen-bond donors (Lipinski definition) is 0. The fourth-order valence-corrected chi connectivity index (χ4v) is 3.49. The minimum absolute atomic E-state index is 0.00822. The first-order chi connectivity index (χ1) is 9.49. The Morgan fingerprint density at radius 1 is 1.50 bits per heavy atom. The molecule has 0 aliphatic carbocycles. The highest BCUT2D eigenvalue weighted by atomic mass is 32.1. The summed E-state index contributed by atoms with van der Waals surface area (Å²) < 4.78 is 0. The van der Waals surface area contributed by atoms with E-state index in [9.17, 15) is 14.9 Å². The molecule has 0 aromatic carbocycles. The van der Waals surface area contributed by atoms with Crippen LogP contribution in [0.15, 0.2) is 23.6 Å². The predicted octanol–water partition coefficient (Wildman–Crippen LogP) is 3.60. The number of thiophene rings is 2. The van der Waals surface area contributed by atoms with Crippen LogP contribution >= 0.6 is 22.7 Å². The SMILES string of the molecule is CC(=O)c1cc([N+](=O)[O-])c(N(C)CCc2cccs2)s1. The Bertz CT molecular complexity index is 620. The molecule has 2 heterocycles. The molecule has 0 radical (unpaired) electrons. The van der Waals surface area contributed by atoms with Gasteiger partial charge in [0.1, 0.15) is 0 Å². The summed E-state index contributed by atoms with van der Waals surface area (Å²) in [6, 6.07) is 5.40. The van der Waals surface area contributed by atoms with E-state index in [1.54, 1.807) is 11.3 Å². The number of carbonyl (C=O) groups excluding carboxylic acids is 1. The largest absolute Gasteiger partial charge is 0.360 e. The third-order valence-corrected chi connectivity index (χ3v) is 5.13. The molecule has 2 aromatic heterocycles. The van der Waals surface area contributed by atoms with Gasteiger partial charge in [0.25, 0.3) is 0 Å². The Morgan fingerprint density at radius 2 is 2.25 bits per heavy atom. The monoisotopic (exact) mass is 310 g/mol. The Balaban J connectivity index is 2.17. The second-order valence-electron chi connectivity index (χ2n) is 4.37. The summed E-state index contributed by atoms with van der Waals surface area (Å²) in [5.74, 6) is -0.143. The number of hydrogen-bond acceptors (Lipinski definition) is 6. The lowest BCUT2D eigenvalue weighted by molar-refractivity contribution is -0.383. The molecular formula is C13H14N2O3S2. The van der Waals surface area contributed by atoms with Crippen LogP contribution in [0.3, 0.4) is 0 Å². The summed E-state index contributed by atoms with van der Waals surface area (Å²) in [5.41, 5.74) is 0.00822. The van der Waals surface area contributed by atoms with Crippen molar-refractivity contribution < 1.29 is 9.72 Å². The summed E-state index contributed by atoms with van der Waals surface area (Å²) in [5, 5.41) is 13.6. The maximum Gasteiger partial charge on any atom is 0.304 e. The maximum atomic E-state index is 11.4. The van der Waals surface area contributed by atoms with Gasteiger partial charge in [-0.05, 0) is 24.8 Å². The van der Waals surface area contributed by atoms with Gasteiger partial charge in [-0.3, -0.25) is 14.9 Å². The molecule has 0 unspecified atom stereocenters. The number of nitrogens with zero attached hydrogens (tertiary/aromatic N) is 2. The van der Waals surface area contributed by atoms with Crippen molar-refractivity contribution in [1.82, 2.24) is 0 Å². The van der Waals surface area contributed by atoms with E-state index in [1.807, 2.05) is 29.5 Å². The van der Waals surface area contributed by atoms with Gasteiger partial charge in [-0.2, -0.15) is 0 Å². The van der Waals surface area contributed by atoms with E-state index < -0.39 is 4.92 Å². The molecule has 7 heteroatoms. The molecule has 0 bridgehead atoms. The quantitative estimate of drug-likeness (QED) is 0.464. The highest BCUT2D eigenvalue weighted by Gasteiger charge is 2.23. The van der Waals surface area contributed by atoms with Crippen LogP contribution in [0.25, 0.3) is 0 Å². The number of likely N-dealkylation sites (N-methyl/N-ethyl adjacent to an activating group) is 1. The second-order valence-corrected chi connectivity index (χ2v) is 6.43. The van der Waals surface area contributed by atoms with Crippen molar-refractivity contribution in [2.24, 2.45) is 0 Å². The summed E-state index contributed by atoms with van der Waals surface area (Å²) in [4.78, 5) is 25.5. The summed E-state index contributed by atoms with van der Waals surface area (Å²) in [6.45, 7) is 2.10. The van der Waals surface area contributed by atoms with Gasteiger partial charge in [-0.1, -0.05) is 6.07 Å². The van der Waals surface area contributed by atoms with Gasteiger partial charge >= 0.3 is 5.69 Å². The first kappa shape index (κ1) is 14.7. The number of nitro groups is 1. The molecular weight excluding hydrogens is 296 g/mol. The van der Waals surface area contributed by atoms with E-state index in [4.69, 9.17) is 0 Å². The minimum Gasteiger partial charge on any atom is -0.360 e. The number of carbonyl (C=O) groups is 1. The molecule has 2 rings (SSSR count). The molecule has 2 aromatic rings. The Kier molecular flexibility index (Phi) is 4.51. The number of Topliss-reactive ketones (excluding diaryl/α,β-unsaturated/α-hetero) is 1. The molecule has 0 saturated carbocycles. The first-order valence-corrected chi connectivity index (χ1v) is 7.71. The molecule has 20 heavy (non-hydrogen) atoms. The zero-order chi connectivity index (χ0) is 14.7. The van der Waals surface area contributed by atoms with Crippen LogP contribution in [0.4, 0.5) is 10.7 Å². The average Bonchev–Trinajstić information content (AvgIpc) is 3.04. The lowest BCUT2D eigenvalue weighted by atomic mass is 10.3. The van der Waals surface area contributed by atoms with E-state index >= 15 is 0 Å². The van der Waals surface area contributed by atoms with Crippen LogP contribution in [0.5, 0.6) is 0 Å². The number of anilines is 1. The standard InChI is InChI=1S/C13H14N2O3S2/c1-9(16)12-8-11(15(17)18)13(20-12)14(2)6-5-10-4-3-7-19-10/h3-4,7-8H,5-6H2,1-2H3. The third-order valence-electron chi connectivity index (χ3n) is 2.86. The zero-order valence-corrected chi connectivity index (χ0v) is 12.8. The van der Waals surface area contributed by atoms with Crippen LogP contribution in [0, 0.1) is 10.1 Å². The molecule has 106 valence electrons. The molecule has 5 nitrogen and oxygen atoms in total. The second kappa shape index (κ2) is 6.15. The van der Waals surface area contributed by atoms with Crippen molar-refractivity contribution in [3.63, 3.8) is 0 Å². The Morgan fingerprint density at radius 3 is 2.80 bits per heavy atom. The van der Waals surface area contributed by atoms with E-state index in [2.05, 4.69) is 0 Å². The van der Waals surface area contributed by atoms with Crippen LogP contribution in [-0.2, 0) is 6.42 Å². The lowest BCUT2D eigenvalue weighted by Gasteiger charge is -2.15. The van der Waals surface area contributed by atoms with Crippen molar-refractivity contribution in [3.05, 3.63) is 43.4 Å². The third kappa shape index (κ3) is 3.23. The van der Waals surface area contributed by atoms with Gasteiger partial charge in [0, 0.05) is 24.5 Å². The van der Waals surface area contributed by atoms with Crippen molar-refractivity contribution in [2.75, 3.05) is 18.5 Å². The molecule has 0 aliphatic rings. The van der Waals surface area contributed by atoms with Crippen molar-refractivity contribution in [2.45, 2.75) is 13.3 Å². The van der Waals surface area contributed by atoms with Crippen molar-refractivity contribution in [3.8, 4) is 0 Å². The fourth-order valence-electron chi connectivity index (χ4n) is 1.78. The normalized spacial score (nSPS) is 10.5. The summed E-state index contributed by atoms with van der Waals surface area (Å²) >= 11 is 2.85. The van der Waals surface area contributed by atoms with Gasteiger partial charge in [0.2, 0.25) is 0 Å². The Labute approximate surface area is 124 Å². The highest BCUT2D eigenvalue weighted by molar-refractivity contribution is 7.18. The molecule has 0 saturated heterocycles. The van der Waals surface area contributed by atoms with Crippen LogP contribution in [-0.4, -0.2) is 24.3 Å². The summed E-state index contributed by atoms with van der Waals surface area (Å²) in [6.07, 6.45) is 0.832. The summed E-state index contributed by atoms with van der Waals surface area (Å²) in [7, 11) is 1.82. The molecule has 0 amide bonds. The average molecular weight is 310 g/mol. The first-order valence-electron chi connectivity index (χ1n) is 6.01. The molecule has 0 N–H and O–H groups in total. The van der Waals surface area contributed by atoms with Gasteiger partial charge in [-0.25, -0.2) is 0 Å². The van der Waals surface area contributed by atoms with E-state index in [1.165, 1.54) is 29.2 Å². The van der Waals surface area contributed by atoms with Gasteiger partial charge in [-0.15, -0.1) is 22.7 Å². The fraction of sp³-hybridized carbons (Fsp3) is 0.308. The lowest BCUT2D eigenvalue weighted by Crippen LogP contribution is -2.19. The molecule has 0 atom stereocenters. The van der Waals surface area contributed by atoms with Crippen LogP contribution < -0.4 is 4.90 Å². The van der Waals surface area contributed by atoms with Crippen LogP contribution in [0.1, 0.15) is 21.5 Å².